The third kappa shape index (κ3) is 6.16. The summed E-state index contributed by atoms with van der Waals surface area (Å²) in [6, 6.07) is 0. The Morgan fingerprint density at radius 1 is 1.07 bits per heavy atom. The lowest BCUT2D eigenvalue weighted by molar-refractivity contribution is -0.140. The average molecular weight is 199 g/mol. The van der Waals surface area contributed by atoms with E-state index < -0.39 is 17.4 Å². The van der Waals surface area contributed by atoms with E-state index in [0.29, 0.717) is 5.71 Å². The van der Waals surface area contributed by atoms with Crippen molar-refractivity contribution in [2.24, 2.45) is 5.10 Å². The first-order chi connectivity index (χ1) is 6.22. The number of carbonyl (C=O) groups is 2. The molecule has 0 aliphatic carbocycles. The molecule has 0 aromatic carbocycles. The van der Waals surface area contributed by atoms with Crippen molar-refractivity contribution >= 4 is 17.5 Å². The second-order valence-electron chi connectivity index (χ2n) is 4.20. The zero-order chi connectivity index (χ0) is 11.4. The van der Waals surface area contributed by atoms with Crippen LogP contribution >= 0.6 is 0 Å². The van der Waals surface area contributed by atoms with Crippen LogP contribution in [0.25, 0.3) is 0 Å². The second kappa shape index (κ2) is 4.74. The van der Waals surface area contributed by atoms with Crippen molar-refractivity contribution in [2.45, 2.75) is 40.2 Å². The smallest absolute Gasteiger partial charge is 0.329 e. The van der Waals surface area contributed by atoms with E-state index >= 15 is 0 Å². The highest BCUT2D eigenvalue weighted by molar-refractivity contribution is 6.35. The Kier molecular flexibility index (Phi) is 4.27. The van der Waals surface area contributed by atoms with E-state index in [-0.39, 0.29) is 0 Å². The van der Waals surface area contributed by atoms with Crippen molar-refractivity contribution in [1.29, 1.82) is 0 Å². The van der Waals surface area contributed by atoms with Crippen LogP contribution in [0.1, 0.15) is 34.6 Å². The fraction of sp³-hybridized carbons (Fsp3) is 0.667. The quantitative estimate of drug-likeness (QED) is 0.365. The van der Waals surface area contributed by atoms with Gasteiger partial charge in [0.15, 0.2) is 0 Å². The summed E-state index contributed by atoms with van der Waals surface area (Å²) >= 11 is 0. The molecule has 0 rings (SSSR count). The van der Waals surface area contributed by atoms with Crippen LogP contribution < -0.4 is 10.7 Å². The molecule has 0 bridgehead atoms. The van der Waals surface area contributed by atoms with Gasteiger partial charge in [0.2, 0.25) is 0 Å². The third-order valence-corrected chi connectivity index (χ3v) is 1.08. The van der Waals surface area contributed by atoms with Gasteiger partial charge in [-0.3, -0.25) is 9.59 Å². The van der Waals surface area contributed by atoms with E-state index in [0.717, 1.165) is 0 Å². The molecule has 0 aliphatic rings. The number of hydrazone groups is 1. The van der Waals surface area contributed by atoms with Gasteiger partial charge in [-0.1, -0.05) is 0 Å². The minimum absolute atomic E-state index is 0.417. The molecule has 5 heteroatoms. The predicted octanol–water partition coefficient (Wildman–Crippen LogP) is 0.413. The molecule has 14 heavy (non-hydrogen) atoms. The van der Waals surface area contributed by atoms with Crippen LogP contribution in [0, 0.1) is 0 Å². The van der Waals surface area contributed by atoms with Gasteiger partial charge >= 0.3 is 11.8 Å². The van der Waals surface area contributed by atoms with E-state index in [4.69, 9.17) is 0 Å². The molecule has 0 atom stereocenters. The highest BCUT2D eigenvalue weighted by Crippen LogP contribution is 1.97. The van der Waals surface area contributed by atoms with Gasteiger partial charge in [0.05, 0.1) is 0 Å². The van der Waals surface area contributed by atoms with Crippen LogP contribution in [-0.4, -0.2) is 23.1 Å². The van der Waals surface area contributed by atoms with Crippen molar-refractivity contribution in [2.75, 3.05) is 0 Å². The molecule has 5 nitrogen and oxygen atoms in total. The van der Waals surface area contributed by atoms with Crippen LogP contribution in [-0.2, 0) is 9.59 Å². The number of nitrogens with one attached hydrogen (secondary N) is 2. The first kappa shape index (κ1) is 12.6. The van der Waals surface area contributed by atoms with Gasteiger partial charge in [0.1, 0.15) is 0 Å². The van der Waals surface area contributed by atoms with E-state index in [1.807, 2.05) is 0 Å². The molecule has 0 saturated carbocycles. The Labute approximate surface area is 83.9 Å². The standard InChI is InChI=1S/C9H17N3O2/c1-6(2)11-12-8(14)7(13)10-9(3,4)5/h1-5H3,(H,10,13)(H,12,14). The Bertz CT molecular complexity index is 260. The number of hydrogen-bond acceptors (Lipinski definition) is 3. The lowest BCUT2D eigenvalue weighted by atomic mass is 10.1. The molecular formula is C9H17N3O2. The van der Waals surface area contributed by atoms with Crippen molar-refractivity contribution in [3.05, 3.63) is 0 Å². The van der Waals surface area contributed by atoms with Gasteiger partial charge in [-0.25, -0.2) is 5.43 Å². The summed E-state index contributed by atoms with van der Waals surface area (Å²) < 4.78 is 0. The number of carbonyl (C=O) groups excluding carboxylic acids is 2. The van der Waals surface area contributed by atoms with Gasteiger partial charge in [-0.2, -0.15) is 5.10 Å². The summed E-state index contributed by atoms with van der Waals surface area (Å²) in [6.45, 7) is 8.84. The topological polar surface area (TPSA) is 70.6 Å². The normalized spacial score (nSPS) is 10.4. The lowest BCUT2D eigenvalue weighted by Gasteiger charge is -2.19. The molecule has 2 amide bonds. The van der Waals surface area contributed by atoms with Crippen molar-refractivity contribution < 1.29 is 9.59 Å². The second-order valence-corrected chi connectivity index (χ2v) is 4.20. The monoisotopic (exact) mass is 199 g/mol. The lowest BCUT2D eigenvalue weighted by Crippen LogP contribution is -2.47. The molecular weight excluding hydrogens is 182 g/mol. The average Bonchev–Trinajstić information content (AvgIpc) is 1.96. The Balaban J connectivity index is 4.15. The highest BCUT2D eigenvalue weighted by atomic mass is 16.2. The Morgan fingerprint density at radius 2 is 1.57 bits per heavy atom. The van der Waals surface area contributed by atoms with Crippen LogP contribution in [0.2, 0.25) is 0 Å². The molecule has 2 N–H and O–H groups in total. The predicted molar refractivity (Wildman–Crippen MR) is 54.8 cm³/mol. The van der Waals surface area contributed by atoms with Crippen molar-refractivity contribution in [3.63, 3.8) is 0 Å². The maximum atomic E-state index is 11.2. The molecule has 0 saturated heterocycles. The molecule has 0 heterocycles. The summed E-state index contributed by atoms with van der Waals surface area (Å²) in [5, 5.41) is 6.15. The van der Waals surface area contributed by atoms with E-state index in [9.17, 15) is 9.59 Å². The van der Waals surface area contributed by atoms with Gasteiger partial charge in [0, 0.05) is 11.3 Å². The maximum absolute atomic E-state index is 11.2. The van der Waals surface area contributed by atoms with E-state index in [2.05, 4.69) is 15.8 Å². The van der Waals surface area contributed by atoms with Gasteiger partial charge in [-0.15, -0.1) is 0 Å². The summed E-state index contributed by atoms with van der Waals surface area (Å²) in [7, 11) is 0. The van der Waals surface area contributed by atoms with Gasteiger partial charge in [0.25, 0.3) is 0 Å². The summed E-state index contributed by atoms with van der Waals surface area (Å²) in [5.41, 5.74) is 2.41. The number of hydrogen-bond donors (Lipinski definition) is 2. The van der Waals surface area contributed by atoms with Crippen LogP contribution in [0.4, 0.5) is 0 Å². The number of amides is 2. The van der Waals surface area contributed by atoms with E-state index in [1.54, 1.807) is 34.6 Å². The largest absolute Gasteiger partial charge is 0.343 e. The van der Waals surface area contributed by atoms with Crippen LogP contribution in [0.5, 0.6) is 0 Å². The van der Waals surface area contributed by atoms with Crippen molar-refractivity contribution in [1.82, 2.24) is 10.7 Å². The molecule has 0 radical (unpaired) electrons. The van der Waals surface area contributed by atoms with Gasteiger partial charge in [-0.05, 0) is 34.6 Å². The zero-order valence-electron chi connectivity index (χ0n) is 9.26. The fourth-order valence-corrected chi connectivity index (χ4v) is 0.611. The van der Waals surface area contributed by atoms with Crippen LogP contribution in [0.15, 0.2) is 5.10 Å². The van der Waals surface area contributed by atoms with E-state index in [1.165, 1.54) is 0 Å². The van der Waals surface area contributed by atoms with Crippen LogP contribution in [0.3, 0.4) is 0 Å². The first-order valence-electron chi connectivity index (χ1n) is 4.36. The third-order valence-electron chi connectivity index (χ3n) is 1.08. The molecule has 0 unspecified atom stereocenters. The minimum Gasteiger partial charge on any atom is -0.343 e. The summed E-state index contributed by atoms with van der Waals surface area (Å²) in [5.74, 6) is -1.43. The molecule has 80 valence electrons. The summed E-state index contributed by atoms with van der Waals surface area (Å²) in [4.78, 5) is 22.3. The minimum atomic E-state index is -0.749. The summed E-state index contributed by atoms with van der Waals surface area (Å²) in [6.07, 6.45) is 0. The molecule has 0 spiro atoms. The SMILES string of the molecule is CC(C)=NNC(=O)C(=O)NC(C)(C)C. The molecule has 0 aromatic rings. The number of nitrogens with zero attached hydrogens (tertiary/aromatic N) is 1. The van der Waals surface area contributed by atoms with Gasteiger partial charge < -0.3 is 5.32 Å². The highest BCUT2D eigenvalue weighted by Gasteiger charge is 2.19. The van der Waals surface area contributed by atoms with Crippen molar-refractivity contribution in [3.8, 4) is 0 Å². The maximum Gasteiger partial charge on any atom is 0.329 e. The first-order valence-corrected chi connectivity index (χ1v) is 4.36. The molecule has 0 aromatic heterocycles. The zero-order valence-corrected chi connectivity index (χ0v) is 9.26. The fourth-order valence-electron chi connectivity index (χ4n) is 0.611. The molecule has 0 fully saturated rings. The number of rotatable bonds is 1. The Hall–Kier alpha value is -1.39. The Morgan fingerprint density at radius 3 is 1.93 bits per heavy atom. The molecule has 0 aliphatic heterocycles.